The van der Waals surface area contributed by atoms with Gasteiger partial charge in [-0.25, -0.2) is 0 Å². The van der Waals surface area contributed by atoms with Gasteiger partial charge in [0.25, 0.3) is 5.91 Å². The molecule has 0 unspecified atom stereocenters. The van der Waals surface area contributed by atoms with E-state index in [9.17, 15) is 18.0 Å². The maximum absolute atomic E-state index is 12.6. The van der Waals surface area contributed by atoms with Crippen LogP contribution in [0.1, 0.15) is 0 Å². The zero-order valence-electron chi connectivity index (χ0n) is 14.7. The summed E-state index contributed by atoms with van der Waals surface area (Å²) in [4.78, 5) is 16.3. The highest BCUT2D eigenvalue weighted by molar-refractivity contribution is 5.98. The van der Waals surface area contributed by atoms with E-state index in [1.165, 1.54) is 18.2 Å². The zero-order valence-corrected chi connectivity index (χ0v) is 14.7. The molecule has 0 radical (unpaired) electrons. The van der Waals surface area contributed by atoms with E-state index < -0.39 is 12.8 Å². The molecule has 8 heteroatoms. The summed E-state index contributed by atoms with van der Waals surface area (Å²) in [6.45, 7) is -0.548. The predicted octanol–water partition coefficient (Wildman–Crippen LogP) is 3.49. The number of hydrogen-bond donors (Lipinski definition) is 0. The number of carbonyl (C=O) groups is 1. The lowest BCUT2D eigenvalue weighted by molar-refractivity contribution is -0.153. The van der Waals surface area contributed by atoms with Crippen LogP contribution < -0.4 is 19.3 Å². The summed E-state index contributed by atoms with van der Waals surface area (Å²) < 4.78 is 47.3. The number of ether oxygens (including phenoxy) is 2. The summed E-state index contributed by atoms with van der Waals surface area (Å²) >= 11 is 0. The minimum atomic E-state index is -4.45. The second-order valence-electron chi connectivity index (χ2n) is 6.09. The van der Waals surface area contributed by atoms with E-state index in [0.29, 0.717) is 13.1 Å². The number of hydrogen-bond acceptors (Lipinski definition) is 4. The minimum Gasteiger partial charge on any atom is -0.480 e. The van der Waals surface area contributed by atoms with E-state index in [4.69, 9.17) is 9.47 Å². The van der Waals surface area contributed by atoms with Gasteiger partial charge in [0.15, 0.2) is 24.7 Å². The molecule has 0 aliphatic carbocycles. The molecule has 1 aliphatic heterocycles. The molecule has 1 amide bonds. The lowest BCUT2D eigenvalue weighted by atomic mass is 10.1. The molecule has 0 aromatic heterocycles. The third-order valence-corrected chi connectivity index (χ3v) is 4.14. The van der Waals surface area contributed by atoms with Gasteiger partial charge in [-0.05, 0) is 24.3 Å². The second-order valence-corrected chi connectivity index (χ2v) is 6.09. The average molecular weight is 380 g/mol. The summed E-state index contributed by atoms with van der Waals surface area (Å²) in [5.41, 5.74) is 1.72. The molecule has 0 spiro atoms. The van der Waals surface area contributed by atoms with E-state index in [1.807, 2.05) is 31.3 Å². The highest BCUT2D eigenvalue weighted by atomic mass is 19.4. The number of fused-ring (bicyclic) bond motifs is 1. The van der Waals surface area contributed by atoms with Crippen molar-refractivity contribution in [1.29, 1.82) is 0 Å². The Labute approximate surface area is 154 Å². The van der Waals surface area contributed by atoms with Crippen molar-refractivity contribution in [3.63, 3.8) is 0 Å². The fourth-order valence-electron chi connectivity index (χ4n) is 2.83. The van der Waals surface area contributed by atoms with Crippen LogP contribution in [0.15, 0.2) is 48.5 Å². The molecule has 0 saturated heterocycles. The largest absolute Gasteiger partial charge is 0.480 e. The molecular weight excluding hydrogens is 361 g/mol. The van der Waals surface area contributed by atoms with Crippen LogP contribution in [0.25, 0.3) is 0 Å². The van der Waals surface area contributed by atoms with Gasteiger partial charge in [-0.2, -0.15) is 13.2 Å². The minimum absolute atomic E-state index is 0.0543. The van der Waals surface area contributed by atoms with Crippen LogP contribution in [-0.4, -0.2) is 45.4 Å². The molecule has 3 rings (SSSR count). The molecule has 0 N–H and O–H groups in total. The predicted molar refractivity (Wildman–Crippen MR) is 95.6 cm³/mol. The molecule has 5 nitrogen and oxygen atoms in total. The number of amides is 1. The summed E-state index contributed by atoms with van der Waals surface area (Å²) in [5.74, 6) is -0.236. The van der Waals surface area contributed by atoms with Crippen molar-refractivity contribution >= 4 is 17.3 Å². The Morgan fingerprint density at radius 3 is 2.22 bits per heavy atom. The normalized spacial score (nSPS) is 13.9. The fourth-order valence-corrected chi connectivity index (χ4v) is 2.83. The van der Waals surface area contributed by atoms with Gasteiger partial charge in [-0.15, -0.1) is 0 Å². The van der Waals surface area contributed by atoms with Crippen LogP contribution in [0.4, 0.5) is 24.5 Å². The average Bonchev–Trinajstić information content (AvgIpc) is 2.65. The van der Waals surface area contributed by atoms with Gasteiger partial charge in [-0.3, -0.25) is 4.79 Å². The van der Waals surface area contributed by atoms with Crippen LogP contribution >= 0.6 is 0 Å². The quantitative estimate of drug-likeness (QED) is 0.797. The van der Waals surface area contributed by atoms with Crippen molar-refractivity contribution in [1.82, 2.24) is 0 Å². The number of benzene rings is 2. The maximum atomic E-state index is 12.6. The Morgan fingerprint density at radius 2 is 1.56 bits per heavy atom. The topological polar surface area (TPSA) is 42.0 Å². The summed E-state index contributed by atoms with van der Waals surface area (Å²) in [5, 5.41) is 0. The fraction of sp³-hybridized carbons (Fsp3) is 0.316. The number of rotatable bonds is 5. The highest BCUT2D eigenvalue weighted by Crippen LogP contribution is 2.32. The van der Waals surface area contributed by atoms with E-state index in [2.05, 4.69) is 4.90 Å². The van der Waals surface area contributed by atoms with Crippen molar-refractivity contribution in [2.45, 2.75) is 6.18 Å². The molecule has 1 aliphatic rings. The monoisotopic (exact) mass is 380 g/mol. The Balaban J connectivity index is 1.68. The number of carbonyl (C=O) groups excluding carboxylic acids is 1. The second kappa shape index (κ2) is 7.77. The maximum Gasteiger partial charge on any atom is 0.422 e. The Kier molecular flexibility index (Phi) is 5.43. The molecule has 0 saturated carbocycles. The SMILES string of the molecule is CN1CCN(C(=O)COc2ccccc2OCC(F)(F)F)c2ccccc21. The van der Waals surface area contributed by atoms with Crippen LogP contribution in [-0.2, 0) is 4.79 Å². The molecule has 2 aromatic rings. The van der Waals surface area contributed by atoms with Crippen molar-refractivity contribution in [2.75, 3.05) is 43.2 Å². The number of alkyl halides is 3. The molecule has 144 valence electrons. The van der Waals surface area contributed by atoms with Gasteiger partial charge in [0, 0.05) is 20.1 Å². The van der Waals surface area contributed by atoms with E-state index in [1.54, 1.807) is 11.0 Å². The van der Waals surface area contributed by atoms with Gasteiger partial charge in [0.2, 0.25) is 0 Å². The third-order valence-electron chi connectivity index (χ3n) is 4.14. The van der Waals surface area contributed by atoms with E-state index >= 15 is 0 Å². The van der Waals surface area contributed by atoms with E-state index in [-0.39, 0.29) is 24.0 Å². The van der Waals surface area contributed by atoms with Gasteiger partial charge in [0.1, 0.15) is 0 Å². The number of nitrogens with zero attached hydrogens (tertiary/aromatic N) is 2. The summed E-state index contributed by atoms with van der Waals surface area (Å²) in [7, 11) is 1.95. The molecular formula is C19H19F3N2O3. The van der Waals surface area contributed by atoms with Crippen LogP contribution in [0.5, 0.6) is 11.5 Å². The van der Waals surface area contributed by atoms with Gasteiger partial charge in [-0.1, -0.05) is 24.3 Å². The Hall–Kier alpha value is -2.90. The smallest absolute Gasteiger partial charge is 0.422 e. The first kappa shape index (κ1) is 18.9. The molecule has 27 heavy (non-hydrogen) atoms. The highest BCUT2D eigenvalue weighted by Gasteiger charge is 2.29. The first-order valence-corrected chi connectivity index (χ1v) is 8.37. The lowest BCUT2D eigenvalue weighted by Gasteiger charge is -2.35. The number of halogens is 3. The van der Waals surface area contributed by atoms with Crippen LogP contribution in [0, 0.1) is 0 Å². The van der Waals surface area contributed by atoms with Gasteiger partial charge >= 0.3 is 6.18 Å². The molecule has 0 bridgehead atoms. The summed E-state index contributed by atoms with van der Waals surface area (Å²) in [6, 6.07) is 13.5. The van der Waals surface area contributed by atoms with Crippen molar-refractivity contribution in [2.24, 2.45) is 0 Å². The Bertz CT molecular complexity index is 811. The molecule has 0 fully saturated rings. The first-order chi connectivity index (χ1) is 12.8. The van der Waals surface area contributed by atoms with Gasteiger partial charge in [0.05, 0.1) is 11.4 Å². The standard InChI is InChI=1S/C19H19F3N2O3/c1-23-10-11-24(15-7-3-2-6-14(15)23)18(25)12-26-16-8-4-5-9-17(16)27-13-19(20,21)22/h2-9H,10-13H2,1H3. The van der Waals surface area contributed by atoms with Crippen molar-refractivity contribution in [3.05, 3.63) is 48.5 Å². The zero-order chi connectivity index (χ0) is 19.4. The first-order valence-electron chi connectivity index (χ1n) is 8.37. The van der Waals surface area contributed by atoms with Crippen LogP contribution in [0.2, 0.25) is 0 Å². The molecule has 1 heterocycles. The molecule has 2 aromatic carbocycles. The van der Waals surface area contributed by atoms with Gasteiger partial charge < -0.3 is 19.3 Å². The lowest BCUT2D eigenvalue weighted by Crippen LogP contribution is -2.44. The molecule has 0 atom stereocenters. The van der Waals surface area contributed by atoms with Crippen molar-refractivity contribution in [3.8, 4) is 11.5 Å². The number of likely N-dealkylation sites (N-methyl/N-ethyl adjacent to an activating group) is 1. The third kappa shape index (κ3) is 4.64. The Morgan fingerprint density at radius 1 is 0.963 bits per heavy atom. The number of para-hydroxylation sites is 4. The number of anilines is 2. The van der Waals surface area contributed by atoms with Crippen molar-refractivity contribution < 1.29 is 27.4 Å². The van der Waals surface area contributed by atoms with Crippen LogP contribution in [0.3, 0.4) is 0 Å². The summed E-state index contributed by atoms with van der Waals surface area (Å²) in [6.07, 6.45) is -4.45. The van der Waals surface area contributed by atoms with E-state index in [0.717, 1.165) is 11.4 Å².